The van der Waals surface area contributed by atoms with Gasteiger partial charge in [0.05, 0.1) is 0 Å². The van der Waals surface area contributed by atoms with Crippen molar-refractivity contribution in [1.29, 1.82) is 0 Å². The maximum absolute atomic E-state index is 12.5. The Hall–Kier alpha value is -1.89. The van der Waals surface area contributed by atoms with Crippen molar-refractivity contribution in [2.75, 3.05) is 19.6 Å². The summed E-state index contributed by atoms with van der Waals surface area (Å²) in [6.45, 7) is 5.98. The maximum Gasteiger partial charge on any atom is 0.273 e. The third-order valence-corrected chi connectivity index (χ3v) is 5.22. The molecule has 1 aromatic heterocycles. The number of nitrogens with zero attached hydrogens (tertiary/aromatic N) is 2. The van der Waals surface area contributed by atoms with E-state index in [-0.39, 0.29) is 23.3 Å². The van der Waals surface area contributed by atoms with Crippen LogP contribution >= 0.6 is 0 Å². The number of amides is 2. The highest BCUT2D eigenvalue weighted by atomic mass is 16.5. The van der Waals surface area contributed by atoms with E-state index in [4.69, 9.17) is 10.3 Å². The minimum atomic E-state index is -0.199. The number of nitrogens with one attached hydrogen (secondary N) is 1. The zero-order valence-corrected chi connectivity index (χ0v) is 15.1. The number of likely N-dealkylation sites (tertiary alicyclic amines) is 1. The molecule has 1 unspecified atom stereocenters. The van der Waals surface area contributed by atoms with Crippen molar-refractivity contribution in [2.45, 2.75) is 57.9 Å². The highest BCUT2D eigenvalue weighted by molar-refractivity contribution is 5.92. The molecule has 1 aliphatic carbocycles. The summed E-state index contributed by atoms with van der Waals surface area (Å²) in [6, 6.07) is 1.76. The number of hydrogen-bond acceptors (Lipinski definition) is 5. The molecular formula is C18H28N4O3. The minimum absolute atomic E-state index is 0.000339. The maximum atomic E-state index is 12.5. The summed E-state index contributed by atoms with van der Waals surface area (Å²) in [6.07, 6.45) is 4.16. The van der Waals surface area contributed by atoms with Crippen molar-refractivity contribution in [3.05, 3.63) is 17.5 Å². The standard InChI is InChI=1S/C18H28N4O3/c1-18(2)11-22(16(23)4-3-8-19)9-7-15(18)20-17(24)13-10-14(25-21-13)12-5-6-12/h10,12,15H,3-9,11,19H2,1-2H3,(H,20,24). The molecule has 0 bridgehead atoms. The lowest BCUT2D eigenvalue weighted by molar-refractivity contribution is -0.134. The smallest absolute Gasteiger partial charge is 0.273 e. The molecule has 1 aliphatic heterocycles. The van der Waals surface area contributed by atoms with Crippen LogP contribution in [0.3, 0.4) is 0 Å². The molecule has 0 aromatic carbocycles. The van der Waals surface area contributed by atoms with Crippen LogP contribution in [0.25, 0.3) is 0 Å². The normalized spacial score (nSPS) is 22.7. The number of hydrogen-bond donors (Lipinski definition) is 2. The number of carbonyl (C=O) groups excluding carboxylic acids is 2. The number of aromatic nitrogens is 1. The van der Waals surface area contributed by atoms with Crippen molar-refractivity contribution < 1.29 is 14.1 Å². The second-order valence-corrected chi connectivity index (χ2v) is 7.90. The molecule has 3 N–H and O–H groups in total. The Kier molecular flexibility index (Phi) is 5.13. The highest BCUT2D eigenvalue weighted by Crippen LogP contribution is 2.40. The second kappa shape index (κ2) is 7.15. The van der Waals surface area contributed by atoms with Gasteiger partial charge in [0, 0.05) is 43.0 Å². The van der Waals surface area contributed by atoms with Gasteiger partial charge in [0.25, 0.3) is 5.91 Å². The van der Waals surface area contributed by atoms with E-state index in [0.717, 1.165) is 25.0 Å². The fourth-order valence-corrected chi connectivity index (χ4v) is 3.44. The summed E-state index contributed by atoms with van der Waals surface area (Å²) >= 11 is 0. The van der Waals surface area contributed by atoms with E-state index in [0.29, 0.717) is 44.1 Å². The lowest BCUT2D eigenvalue weighted by Gasteiger charge is -2.44. The lowest BCUT2D eigenvalue weighted by Crippen LogP contribution is -2.56. The molecule has 0 spiro atoms. The Bertz CT molecular complexity index is 636. The number of nitrogens with two attached hydrogens (primary N) is 1. The number of rotatable bonds is 6. The van der Waals surface area contributed by atoms with Crippen LogP contribution in [0.1, 0.15) is 68.1 Å². The van der Waals surface area contributed by atoms with Crippen LogP contribution in [-0.4, -0.2) is 47.5 Å². The van der Waals surface area contributed by atoms with E-state index in [9.17, 15) is 9.59 Å². The molecule has 2 heterocycles. The first-order valence-electron chi connectivity index (χ1n) is 9.16. The molecule has 25 heavy (non-hydrogen) atoms. The van der Waals surface area contributed by atoms with Gasteiger partial charge in [-0.1, -0.05) is 19.0 Å². The average Bonchev–Trinajstić information content (AvgIpc) is 3.31. The molecule has 2 fully saturated rings. The van der Waals surface area contributed by atoms with E-state index in [1.807, 2.05) is 4.90 Å². The topological polar surface area (TPSA) is 101 Å². The summed E-state index contributed by atoms with van der Waals surface area (Å²) in [5, 5.41) is 6.99. The van der Waals surface area contributed by atoms with Crippen molar-refractivity contribution in [3.63, 3.8) is 0 Å². The van der Waals surface area contributed by atoms with Gasteiger partial charge < -0.3 is 20.5 Å². The molecular weight excluding hydrogens is 320 g/mol. The molecule has 1 aromatic rings. The highest BCUT2D eigenvalue weighted by Gasteiger charge is 2.38. The zero-order valence-electron chi connectivity index (χ0n) is 15.1. The Labute approximate surface area is 148 Å². The van der Waals surface area contributed by atoms with Gasteiger partial charge in [-0.25, -0.2) is 0 Å². The van der Waals surface area contributed by atoms with E-state index in [2.05, 4.69) is 24.3 Å². The third kappa shape index (κ3) is 4.21. The largest absolute Gasteiger partial charge is 0.360 e. The van der Waals surface area contributed by atoms with Gasteiger partial charge >= 0.3 is 0 Å². The summed E-state index contributed by atoms with van der Waals surface area (Å²) in [7, 11) is 0. The van der Waals surface area contributed by atoms with Crippen LogP contribution in [-0.2, 0) is 4.79 Å². The molecule has 3 rings (SSSR count). The second-order valence-electron chi connectivity index (χ2n) is 7.90. The molecule has 7 nitrogen and oxygen atoms in total. The SMILES string of the molecule is CC1(C)CN(C(=O)CCCN)CCC1NC(=O)c1cc(C2CC2)on1. The van der Waals surface area contributed by atoms with Crippen LogP contribution in [0, 0.1) is 5.41 Å². The molecule has 138 valence electrons. The minimum Gasteiger partial charge on any atom is -0.360 e. The number of carbonyl (C=O) groups is 2. The summed E-state index contributed by atoms with van der Waals surface area (Å²) < 4.78 is 5.26. The fourth-order valence-electron chi connectivity index (χ4n) is 3.44. The first kappa shape index (κ1) is 17.9. The van der Waals surface area contributed by atoms with Crippen LogP contribution < -0.4 is 11.1 Å². The predicted molar refractivity (Wildman–Crippen MR) is 93.0 cm³/mol. The van der Waals surface area contributed by atoms with Crippen LogP contribution in [0.5, 0.6) is 0 Å². The summed E-state index contributed by atoms with van der Waals surface area (Å²) in [5.41, 5.74) is 5.63. The van der Waals surface area contributed by atoms with Crippen molar-refractivity contribution >= 4 is 11.8 Å². The van der Waals surface area contributed by atoms with Gasteiger partial charge in [0.15, 0.2) is 5.69 Å². The van der Waals surface area contributed by atoms with Crippen LogP contribution in [0.15, 0.2) is 10.6 Å². The zero-order chi connectivity index (χ0) is 18.0. The molecule has 2 amide bonds. The Morgan fingerprint density at radius 1 is 1.40 bits per heavy atom. The Balaban J connectivity index is 1.57. The molecule has 1 saturated heterocycles. The van der Waals surface area contributed by atoms with E-state index < -0.39 is 0 Å². The fraction of sp³-hybridized carbons (Fsp3) is 0.722. The molecule has 2 aliphatic rings. The molecule has 7 heteroatoms. The van der Waals surface area contributed by atoms with Gasteiger partial charge in [-0.05, 0) is 32.2 Å². The van der Waals surface area contributed by atoms with Crippen LogP contribution in [0.2, 0.25) is 0 Å². The molecule has 0 radical (unpaired) electrons. The molecule has 1 saturated carbocycles. The Morgan fingerprint density at radius 2 is 2.16 bits per heavy atom. The van der Waals surface area contributed by atoms with Crippen molar-refractivity contribution in [2.24, 2.45) is 11.1 Å². The van der Waals surface area contributed by atoms with Gasteiger partial charge in [-0.3, -0.25) is 9.59 Å². The van der Waals surface area contributed by atoms with E-state index >= 15 is 0 Å². The van der Waals surface area contributed by atoms with Gasteiger partial charge in [-0.2, -0.15) is 0 Å². The number of piperidine rings is 1. The quantitative estimate of drug-likeness (QED) is 0.814. The monoisotopic (exact) mass is 348 g/mol. The van der Waals surface area contributed by atoms with Crippen molar-refractivity contribution in [3.8, 4) is 0 Å². The third-order valence-electron chi connectivity index (χ3n) is 5.22. The summed E-state index contributed by atoms with van der Waals surface area (Å²) in [5.74, 6) is 1.20. The first-order valence-corrected chi connectivity index (χ1v) is 9.16. The van der Waals surface area contributed by atoms with Crippen molar-refractivity contribution in [1.82, 2.24) is 15.4 Å². The predicted octanol–water partition coefficient (Wildman–Crippen LogP) is 1.65. The first-order chi connectivity index (χ1) is 11.9. The van der Waals surface area contributed by atoms with E-state index in [1.54, 1.807) is 6.07 Å². The van der Waals surface area contributed by atoms with Crippen LogP contribution in [0.4, 0.5) is 0 Å². The van der Waals surface area contributed by atoms with Gasteiger partial charge in [-0.15, -0.1) is 0 Å². The van der Waals surface area contributed by atoms with E-state index in [1.165, 1.54) is 0 Å². The summed E-state index contributed by atoms with van der Waals surface area (Å²) in [4.78, 5) is 26.6. The van der Waals surface area contributed by atoms with Gasteiger partial charge in [0.2, 0.25) is 5.91 Å². The Morgan fingerprint density at radius 3 is 2.80 bits per heavy atom. The van der Waals surface area contributed by atoms with Gasteiger partial charge in [0.1, 0.15) is 5.76 Å². The average molecular weight is 348 g/mol. The lowest BCUT2D eigenvalue weighted by atomic mass is 9.79. The molecule has 1 atom stereocenters.